The summed E-state index contributed by atoms with van der Waals surface area (Å²) in [6.07, 6.45) is 5.84. The lowest BCUT2D eigenvalue weighted by atomic mass is 9.86. The van der Waals surface area contributed by atoms with E-state index in [-0.39, 0.29) is 5.91 Å². The maximum absolute atomic E-state index is 11.6. The molecule has 114 valence electrons. The van der Waals surface area contributed by atoms with E-state index in [1.54, 1.807) is 0 Å². The molecule has 1 saturated heterocycles. The van der Waals surface area contributed by atoms with Crippen LogP contribution in [0.5, 0.6) is 0 Å². The molecule has 0 bridgehead atoms. The number of amides is 1. The summed E-state index contributed by atoms with van der Waals surface area (Å²) >= 11 is 1.83. The van der Waals surface area contributed by atoms with Crippen LogP contribution in [0.25, 0.3) is 0 Å². The highest BCUT2D eigenvalue weighted by molar-refractivity contribution is 8.13. The zero-order valence-electron chi connectivity index (χ0n) is 12.7. The van der Waals surface area contributed by atoms with Crippen LogP contribution in [0.4, 0.5) is 0 Å². The number of thioether (sulfide) groups is 1. The fourth-order valence-electron chi connectivity index (χ4n) is 2.74. The van der Waals surface area contributed by atoms with Gasteiger partial charge >= 0.3 is 0 Å². The third-order valence-electron chi connectivity index (χ3n) is 3.95. The minimum atomic E-state index is 0.111. The highest BCUT2D eigenvalue weighted by Gasteiger charge is 2.30. The van der Waals surface area contributed by atoms with Crippen molar-refractivity contribution in [2.75, 3.05) is 18.8 Å². The van der Waals surface area contributed by atoms with E-state index in [0.29, 0.717) is 24.9 Å². The number of hydrogen-bond donors (Lipinski definition) is 2. The molecule has 2 rings (SSSR count). The third kappa shape index (κ3) is 5.00. The van der Waals surface area contributed by atoms with Crippen LogP contribution in [-0.2, 0) is 4.79 Å². The summed E-state index contributed by atoms with van der Waals surface area (Å²) in [5, 5.41) is 7.54. The Bertz CT molecular complexity index is 357. The smallest absolute Gasteiger partial charge is 0.221 e. The summed E-state index contributed by atoms with van der Waals surface area (Å²) < 4.78 is 0. The van der Waals surface area contributed by atoms with Crippen molar-refractivity contribution in [3.63, 3.8) is 0 Å². The summed E-state index contributed by atoms with van der Waals surface area (Å²) in [6, 6.07) is 0.624. The van der Waals surface area contributed by atoms with Gasteiger partial charge in [0.2, 0.25) is 5.91 Å². The van der Waals surface area contributed by atoms with Crippen molar-refractivity contribution in [1.82, 2.24) is 10.6 Å². The van der Waals surface area contributed by atoms with Crippen molar-refractivity contribution < 1.29 is 4.79 Å². The second kappa shape index (κ2) is 7.91. The molecule has 0 aromatic carbocycles. The van der Waals surface area contributed by atoms with Crippen molar-refractivity contribution in [1.29, 1.82) is 0 Å². The number of amidine groups is 1. The summed E-state index contributed by atoms with van der Waals surface area (Å²) in [5.74, 6) is 2.63. The number of rotatable bonds is 5. The third-order valence-corrected chi connectivity index (χ3v) is 5.07. The number of nitrogens with one attached hydrogen (secondary N) is 2. The van der Waals surface area contributed by atoms with Gasteiger partial charge in [0.25, 0.3) is 0 Å². The molecular weight excluding hydrogens is 270 g/mol. The van der Waals surface area contributed by atoms with E-state index >= 15 is 0 Å². The maximum Gasteiger partial charge on any atom is 0.221 e. The van der Waals surface area contributed by atoms with E-state index in [1.165, 1.54) is 31.4 Å². The van der Waals surface area contributed by atoms with Gasteiger partial charge < -0.3 is 10.6 Å². The molecule has 4 nitrogen and oxygen atoms in total. The molecule has 0 aromatic rings. The van der Waals surface area contributed by atoms with Crippen LogP contribution in [0.1, 0.15) is 46.0 Å². The van der Waals surface area contributed by atoms with E-state index < -0.39 is 0 Å². The van der Waals surface area contributed by atoms with Crippen molar-refractivity contribution in [2.24, 2.45) is 16.8 Å². The van der Waals surface area contributed by atoms with E-state index in [0.717, 1.165) is 17.6 Å². The van der Waals surface area contributed by atoms with Gasteiger partial charge in [-0.2, -0.15) is 0 Å². The summed E-state index contributed by atoms with van der Waals surface area (Å²) in [6.45, 7) is 5.55. The largest absolute Gasteiger partial charge is 0.362 e. The topological polar surface area (TPSA) is 53.5 Å². The Kier molecular flexibility index (Phi) is 6.20. The van der Waals surface area contributed by atoms with Gasteiger partial charge in [-0.3, -0.25) is 9.79 Å². The highest BCUT2D eigenvalue weighted by Crippen LogP contribution is 2.31. The molecule has 1 aliphatic heterocycles. The molecule has 2 atom stereocenters. The van der Waals surface area contributed by atoms with Crippen LogP contribution in [0.15, 0.2) is 4.99 Å². The van der Waals surface area contributed by atoms with Gasteiger partial charge in [-0.1, -0.05) is 38.5 Å². The van der Waals surface area contributed by atoms with Gasteiger partial charge in [0.05, 0.1) is 6.54 Å². The molecule has 1 aliphatic carbocycles. The Morgan fingerprint density at radius 3 is 3.05 bits per heavy atom. The number of fused-ring (bicyclic) bond motifs is 1. The summed E-state index contributed by atoms with van der Waals surface area (Å²) in [5.41, 5.74) is 0. The number of hydrogen-bond acceptors (Lipinski definition) is 3. The molecule has 1 heterocycles. The quantitative estimate of drug-likeness (QED) is 0.819. The first kappa shape index (κ1) is 15.7. The van der Waals surface area contributed by atoms with Gasteiger partial charge in [0.15, 0.2) is 5.17 Å². The number of carbonyl (C=O) groups is 1. The molecule has 1 saturated carbocycles. The Morgan fingerprint density at radius 2 is 2.25 bits per heavy atom. The Balaban J connectivity index is 1.68. The maximum atomic E-state index is 11.6. The minimum absolute atomic E-state index is 0.111. The fraction of sp³-hybridized carbons (Fsp3) is 0.867. The normalized spacial score (nSPS) is 28.1. The van der Waals surface area contributed by atoms with Crippen molar-refractivity contribution >= 4 is 22.8 Å². The lowest BCUT2D eigenvalue weighted by molar-refractivity contribution is -0.121. The van der Waals surface area contributed by atoms with Crippen LogP contribution in [0.2, 0.25) is 0 Å². The van der Waals surface area contributed by atoms with E-state index in [4.69, 9.17) is 0 Å². The van der Waals surface area contributed by atoms with Gasteiger partial charge in [-0.15, -0.1) is 0 Å². The molecule has 20 heavy (non-hydrogen) atoms. The SMILES string of the molecule is CC(C)CNC(=O)CCN=C1NC2CCCCC2CS1. The molecule has 2 aliphatic rings. The highest BCUT2D eigenvalue weighted by atomic mass is 32.2. The van der Waals surface area contributed by atoms with Gasteiger partial charge in [0.1, 0.15) is 0 Å². The van der Waals surface area contributed by atoms with Crippen LogP contribution in [-0.4, -0.2) is 36.0 Å². The number of nitrogens with zero attached hydrogens (tertiary/aromatic N) is 1. The molecule has 1 amide bonds. The first-order chi connectivity index (χ1) is 9.65. The zero-order valence-corrected chi connectivity index (χ0v) is 13.5. The molecular formula is C15H27N3OS. The van der Waals surface area contributed by atoms with E-state index in [1.807, 2.05) is 11.8 Å². The van der Waals surface area contributed by atoms with Crippen LogP contribution in [0.3, 0.4) is 0 Å². The lowest BCUT2D eigenvalue weighted by Crippen LogP contribution is -2.46. The molecule has 5 heteroatoms. The average molecular weight is 297 g/mol. The van der Waals surface area contributed by atoms with Crippen LogP contribution < -0.4 is 10.6 Å². The summed E-state index contributed by atoms with van der Waals surface area (Å²) in [7, 11) is 0. The monoisotopic (exact) mass is 297 g/mol. The van der Waals surface area contributed by atoms with Crippen molar-refractivity contribution in [3.8, 4) is 0 Å². The minimum Gasteiger partial charge on any atom is -0.362 e. The van der Waals surface area contributed by atoms with Gasteiger partial charge in [-0.05, 0) is 24.7 Å². The molecule has 2 N–H and O–H groups in total. The van der Waals surface area contributed by atoms with Crippen molar-refractivity contribution in [2.45, 2.75) is 52.0 Å². The van der Waals surface area contributed by atoms with E-state index in [9.17, 15) is 4.79 Å². The van der Waals surface area contributed by atoms with Gasteiger partial charge in [0, 0.05) is 24.8 Å². The number of carbonyl (C=O) groups excluding carboxylic acids is 1. The van der Waals surface area contributed by atoms with Crippen LogP contribution >= 0.6 is 11.8 Å². The Hall–Kier alpha value is -0.710. The lowest BCUT2D eigenvalue weighted by Gasteiger charge is -2.36. The molecule has 2 fully saturated rings. The van der Waals surface area contributed by atoms with E-state index in [2.05, 4.69) is 29.5 Å². The number of aliphatic imine (C=N–C) groups is 1. The molecule has 0 aromatic heterocycles. The Morgan fingerprint density at radius 1 is 1.45 bits per heavy atom. The Labute approximate surface area is 126 Å². The fourth-order valence-corrected chi connectivity index (χ4v) is 3.93. The van der Waals surface area contributed by atoms with Crippen LogP contribution in [0, 0.1) is 11.8 Å². The predicted molar refractivity (Wildman–Crippen MR) is 86.1 cm³/mol. The van der Waals surface area contributed by atoms with Gasteiger partial charge in [-0.25, -0.2) is 0 Å². The molecule has 2 unspecified atom stereocenters. The predicted octanol–water partition coefficient (Wildman–Crippen LogP) is 2.40. The second-order valence-corrected chi connectivity index (χ2v) is 7.25. The van der Waals surface area contributed by atoms with Crippen molar-refractivity contribution in [3.05, 3.63) is 0 Å². The second-order valence-electron chi connectivity index (χ2n) is 6.24. The summed E-state index contributed by atoms with van der Waals surface area (Å²) in [4.78, 5) is 16.2. The first-order valence-corrected chi connectivity index (χ1v) is 8.84. The standard InChI is InChI=1S/C15H27N3OS/c1-11(2)9-17-14(19)7-8-16-15-18-13-6-4-3-5-12(13)10-20-15/h11-13H,3-10H2,1-2H3,(H,16,18)(H,17,19). The molecule has 0 radical (unpaired) electrons. The first-order valence-electron chi connectivity index (χ1n) is 7.85. The average Bonchev–Trinajstić information content (AvgIpc) is 2.45. The zero-order chi connectivity index (χ0) is 14.4. The molecule has 0 spiro atoms.